The fourth-order valence-electron chi connectivity index (χ4n) is 6.68. The van der Waals surface area contributed by atoms with Crippen LogP contribution < -0.4 is 10.6 Å². The molecule has 0 spiro atoms. The Kier molecular flexibility index (Phi) is 15.9. The van der Waals surface area contributed by atoms with Crippen molar-refractivity contribution in [3.8, 4) is 0 Å². The molecule has 0 aromatic heterocycles. The molecular formula is C31H51BGaN7O12. The first-order valence-corrected chi connectivity index (χ1v) is 20.9. The van der Waals surface area contributed by atoms with Gasteiger partial charge in [0.15, 0.2) is 0 Å². The minimum atomic E-state index is -3.97. The van der Waals surface area contributed by atoms with Crippen molar-refractivity contribution >= 4 is 65.8 Å². The third-order valence-electron chi connectivity index (χ3n) is 9.77. The van der Waals surface area contributed by atoms with Gasteiger partial charge in [-0.3, -0.25) is 14.4 Å². The van der Waals surface area contributed by atoms with Gasteiger partial charge in [0, 0.05) is 18.9 Å². The normalized spacial score (nSPS) is 26.1. The van der Waals surface area contributed by atoms with Crippen LogP contribution in [0.25, 0.3) is 0 Å². The second kappa shape index (κ2) is 19.9. The summed E-state index contributed by atoms with van der Waals surface area (Å²) in [4.78, 5) is 99.2. The van der Waals surface area contributed by atoms with E-state index in [0.29, 0.717) is 71.7 Å². The molecule has 52 heavy (non-hydrogen) atoms. The van der Waals surface area contributed by atoms with Crippen LogP contribution in [-0.2, 0) is 44.1 Å². The summed E-state index contributed by atoms with van der Waals surface area (Å²) in [5.41, 5.74) is 0. The van der Waals surface area contributed by atoms with Crippen LogP contribution >= 0.6 is 0 Å². The number of Topliss-reactive ketones (excluding diaryl/α,β-unsaturated/α-hetero) is 1. The van der Waals surface area contributed by atoms with E-state index in [1.165, 1.54) is 11.8 Å². The van der Waals surface area contributed by atoms with E-state index >= 15 is 0 Å². The van der Waals surface area contributed by atoms with Gasteiger partial charge in [0.2, 0.25) is 11.8 Å². The Balaban J connectivity index is 1.33. The molecule has 4 heterocycles. The fraction of sp³-hybridized carbons (Fsp3) is 0.774. The van der Waals surface area contributed by atoms with Gasteiger partial charge in [-0.1, -0.05) is 13.8 Å². The minimum absolute atomic E-state index is 0.0265. The van der Waals surface area contributed by atoms with Gasteiger partial charge >= 0.3 is 194 Å². The van der Waals surface area contributed by atoms with Crippen molar-refractivity contribution in [2.45, 2.75) is 52.0 Å². The molecule has 4 rings (SSSR count). The molecule has 2 unspecified atom stereocenters. The molecule has 5 atom stereocenters. The Hall–Kier alpha value is -3.05. The van der Waals surface area contributed by atoms with E-state index in [2.05, 4.69) is 10.6 Å². The molecule has 4 aliphatic rings. The summed E-state index contributed by atoms with van der Waals surface area (Å²) in [7, 11) is -1.68. The fourth-order valence-corrected chi connectivity index (χ4v) is 8.80. The second-order valence-electron chi connectivity index (χ2n) is 14.1. The molecule has 4 fully saturated rings. The average Bonchev–Trinajstić information content (AvgIpc) is 3.55. The summed E-state index contributed by atoms with van der Waals surface area (Å²) in [5, 5.41) is 24.6. The van der Waals surface area contributed by atoms with Crippen LogP contribution in [0.3, 0.4) is 0 Å². The third-order valence-corrected chi connectivity index (χ3v) is 12.6. The quantitative estimate of drug-likeness (QED) is 0.145. The molecule has 0 aromatic rings. The van der Waals surface area contributed by atoms with Crippen molar-refractivity contribution in [2.24, 2.45) is 11.8 Å². The van der Waals surface area contributed by atoms with E-state index in [0.717, 1.165) is 0 Å². The van der Waals surface area contributed by atoms with Crippen LogP contribution in [-0.4, -0.2) is 204 Å². The molecule has 4 N–H and O–H groups in total. The maximum Gasteiger partial charge on any atom is 0.475 e. The van der Waals surface area contributed by atoms with Gasteiger partial charge in [-0.2, -0.15) is 0 Å². The van der Waals surface area contributed by atoms with Crippen LogP contribution in [0, 0.1) is 11.8 Å². The smallest absolute Gasteiger partial charge is 0.426 e. The number of nitrogens with one attached hydrogen (secondary N) is 2. The molecule has 0 saturated carbocycles. The predicted molar refractivity (Wildman–Crippen MR) is 183 cm³/mol. The number of hydrogen-bond donors (Lipinski definition) is 4. The van der Waals surface area contributed by atoms with Crippen LogP contribution in [0.15, 0.2) is 0 Å². The number of nitrogens with zero attached hydrogens (tertiary/aromatic N) is 5. The monoisotopic (exact) mass is 793 g/mol. The standard InChI is InChI=1S/C31H54BN7O12.Ga/c1-21(2)24(30(48)34-22(3)31(49)39-6-4-5-25(39)32(50)51)15-23(40)16-33-26(41)17-35-7-9-36(18-27(42)43)11-13-38(20-29(46)47)14-12-37(10-8-35)19-28(44)45;/h21-22,24-25,50-51H,4-20H2,1-3H3,(H,33,41)(H,34,48)(H,42,43)(H,44,45)(H,46,47);/q;+3/p-3/t22-,24+,25+;/m1./s1. The first-order valence-electron chi connectivity index (χ1n) is 17.9. The van der Waals surface area contributed by atoms with Crippen molar-refractivity contribution in [1.29, 1.82) is 0 Å². The van der Waals surface area contributed by atoms with Crippen molar-refractivity contribution < 1.29 is 54.2 Å². The van der Waals surface area contributed by atoms with Gasteiger partial charge in [0.1, 0.15) is 6.04 Å². The van der Waals surface area contributed by atoms with Crippen LogP contribution in [0.5, 0.6) is 0 Å². The summed E-state index contributed by atoms with van der Waals surface area (Å²) >= 11 is -3.97. The Morgan fingerprint density at radius 1 is 0.808 bits per heavy atom. The van der Waals surface area contributed by atoms with Gasteiger partial charge in [-0.05, 0) is 25.7 Å². The Morgan fingerprint density at radius 3 is 1.79 bits per heavy atom. The summed E-state index contributed by atoms with van der Waals surface area (Å²) in [6, 6.07) is -0.938. The molecular weight excluding hydrogens is 743 g/mol. The van der Waals surface area contributed by atoms with E-state index in [4.69, 9.17) is 10.6 Å². The van der Waals surface area contributed by atoms with Crippen molar-refractivity contribution in [2.75, 3.05) is 91.6 Å². The summed E-state index contributed by atoms with van der Waals surface area (Å²) in [6.07, 6.45) is 0.901. The van der Waals surface area contributed by atoms with Gasteiger partial charge in [-0.15, -0.1) is 0 Å². The molecule has 0 aromatic carbocycles. The average molecular weight is 794 g/mol. The number of rotatable bonds is 11. The van der Waals surface area contributed by atoms with Crippen LogP contribution in [0.4, 0.5) is 0 Å². The van der Waals surface area contributed by atoms with E-state index in [1.807, 2.05) is 19.6 Å². The Labute approximate surface area is 310 Å². The first-order chi connectivity index (χ1) is 24.7. The number of carbonyl (C=O) groups excluding carboxylic acids is 7. The molecule has 0 radical (unpaired) electrons. The van der Waals surface area contributed by atoms with E-state index in [-0.39, 0.29) is 50.8 Å². The summed E-state index contributed by atoms with van der Waals surface area (Å²) in [5.74, 6) is -5.39. The maximum absolute atomic E-state index is 13.2. The first kappa shape index (κ1) is 41.7. The van der Waals surface area contributed by atoms with E-state index < -0.39 is 78.0 Å². The molecule has 0 aliphatic carbocycles. The van der Waals surface area contributed by atoms with E-state index in [1.54, 1.807) is 13.8 Å². The molecule has 4 saturated heterocycles. The largest absolute Gasteiger partial charge is 0.475 e. The van der Waals surface area contributed by atoms with Gasteiger partial charge in [-0.25, -0.2) is 0 Å². The number of carbonyl (C=O) groups is 7. The van der Waals surface area contributed by atoms with Gasteiger partial charge in [0.25, 0.3) is 0 Å². The molecule has 288 valence electrons. The molecule has 4 aliphatic heterocycles. The zero-order valence-electron chi connectivity index (χ0n) is 30.2. The SMILES string of the molecule is CC(C)[C@H](CC(=O)CNC(=O)CN1CCN2CCN3CCN(CC1)CC(=O)[O][Ga]([O]C(=O)C2)[O]C(=O)C3)C(=O)N[C@H](C)C(=O)N1CCC[C@H]1B(O)O. The second-order valence-corrected chi connectivity index (χ2v) is 16.8. The predicted octanol–water partition coefficient (Wildman–Crippen LogP) is -4.29. The van der Waals surface area contributed by atoms with Crippen LogP contribution in [0.2, 0.25) is 0 Å². The summed E-state index contributed by atoms with van der Waals surface area (Å²) < 4.78 is 16.1. The Morgan fingerprint density at radius 2 is 1.31 bits per heavy atom. The van der Waals surface area contributed by atoms with E-state index in [9.17, 15) is 43.6 Å². The van der Waals surface area contributed by atoms with Gasteiger partial charge < -0.3 is 20.3 Å². The minimum Gasteiger partial charge on any atom is -0.426 e. The third kappa shape index (κ3) is 12.8. The number of likely N-dealkylation sites (tertiary alicyclic amines) is 1. The molecule has 3 amide bonds. The van der Waals surface area contributed by atoms with Gasteiger partial charge in [0.05, 0.1) is 5.94 Å². The maximum atomic E-state index is 13.2. The van der Waals surface area contributed by atoms with Crippen molar-refractivity contribution in [1.82, 2.24) is 35.1 Å². The summed E-state index contributed by atoms with van der Waals surface area (Å²) in [6.45, 7) is 8.17. The topological polar surface area (TPSA) is 228 Å². The number of fused-ring (bicyclic) bond motifs is 7. The van der Waals surface area contributed by atoms with Crippen LogP contribution in [0.1, 0.15) is 40.0 Å². The molecule has 19 nitrogen and oxygen atoms in total. The zero-order valence-corrected chi connectivity index (χ0v) is 32.6. The Bertz CT molecular complexity index is 1290. The number of hydrogen-bond acceptors (Lipinski definition) is 16. The number of ketones is 1. The van der Waals surface area contributed by atoms with Crippen molar-refractivity contribution in [3.63, 3.8) is 0 Å². The van der Waals surface area contributed by atoms with Crippen molar-refractivity contribution in [3.05, 3.63) is 0 Å². The zero-order chi connectivity index (χ0) is 37.9. The molecule has 4 bridgehead atoms. The number of amides is 3. The molecule has 21 heteroatoms.